The van der Waals surface area contributed by atoms with Gasteiger partial charge in [-0.05, 0) is 34.0 Å². The highest BCUT2D eigenvalue weighted by Gasteiger charge is 2.02. The van der Waals surface area contributed by atoms with Crippen LogP contribution >= 0.6 is 0 Å². The fourth-order valence-corrected chi connectivity index (χ4v) is 3.11. The zero-order valence-corrected chi connectivity index (χ0v) is 23.0. The summed E-state index contributed by atoms with van der Waals surface area (Å²) in [5, 5.41) is 23.1. The van der Waals surface area contributed by atoms with E-state index < -0.39 is 0 Å². The molecule has 0 heterocycles. The molecule has 0 saturated heterocycles. The van der Waals surface area contributed by atoms with Crippen LogP contribution < -0.4 is 0 Å². The van der Waals surface area contributed by atoms with Crippen LogP contribution in [0, 0.1) is 0 Å². The molecule has 4 aromatic rings. The van der Waals surface area contributed by atoms with Crippen LogP contribution in [0.25, 0.3) is 33.7 Å². The molecule has 4 aromatic carbocycles. The van der Waals surface area contributed by atoms with Crippen molar-refractivity contribution in [2.75, 3.05) is 0 Å². The number of rotatable bonds is 3. The first-order chi connectivity index (χ1) is 17.5. The lowest BCUT2D eigenvalue weighted by Gasteiger charge is -2.03. The number of hydrogen-bond acceptors (Lipinski definition) is 2. The number of benzene rings is 4. The Bertz CT molecular complexity index is 1200. The summed E-state index contributed by atoms with van der Waals surface area (Å²) in [7, 11) is 0. The number of hydrogen-bond donors (Lipinski definition) is 2. The van der Waals surface area contributed by atoms with Gasteiger partial charge in [0, 0.05) is 10.8 Å². The minimum Gasteiger partial charge on any atom is -0.507 e. The fourth-order valence-electron chi connectivity index (χ4n) is 3.11. The van der Waals surface area contributed by atoms with E-state index >= 15 is 0 Å². The van der Waals surface area contributed by atoms with Crippen LogP contribution in [0.15, 0.2) is 98.1 Å². The van der Waals surface area contributed by atoms with Crippen molar-refractivity contribution in [2.45, 2.75) is 54.4 Å². The van der Waals surface area contributed by atoms with Crippen LogP contribution in [0.2, 0.25) is 0 Å². The van der Waals surface area contributed by atoms with Crippen LogP contribution in [0.4, 0.5) is 0 Å². The summed E-state index contributed by atoms with van der Waals surface area (Å²) in [5.41, 5.74) is 2.14. The number of phenolic OH excluding ortho intramolecular Hbond substituents is 2. The minimum atomic E-state index is 0.321. The van der Waals surface area contributed by atoms with E-state index in [1.807, 2.05) is 86.7 Å². The highest BCUT2D eigenvalue weighted by atomic mass is 16.3. The van der Waals surface area contributed by atoms with Gasteiger partial charge in [-0.25, -0.2) is 0 Å². The van der Waals surface area contributed by atoms with Crippen LogP contribution in [0.1, 0.15) is 65.5 Å². The fraction of sp³-hybridized carbons (Fsp3) is 0.235. The molecular weight excluding hydrogens is 440 g/mol. The van der Waals surface area contributed by atoms with E-state index in [9.17, 15) is 10.2 Å². The van der Waals surface area contributed by atoms with E-state index in [1.165, 1.54) is 12.8 Å². The molecule has 36 heavy (non-hydrogen) atoms. The zero-order valence-electron chi connectivity index (χ0n) is 23.0. The van der Waals surface area contributed by atoms with Crippen molar-refractivity contribution in [3.8, 4) is 11.5 Å². The molecule has 2 N–H and O–H groups in total. The Kier molecular flexibility index (Phi) is 17.5. The maximum absolute atomic E-state index is 9.68. The smallest absolute Gasteiger partial charge is 0.123 e. The van der Waals surface area contributed by atoms with Crippen LogP contribution in [0.5, 0.6) is 11.5 Å². The second kappa shape index (κ2) is 19.5. The van der Waals surface area contributed by atoms with Gasteiger partial charge in [-0.1, -0.05) is 153 Å². The van der Waals surface area contributed by atoms with Gasteiger partial charge >= 0.3 is 0 Å². The molecule has 0 radical (unpaired) electrons. The van der Waals surface area contributed by atoms with Gasteiger partial charge in [0.2, 0.25) is 0 Å². The van der Waals surface area contributed by atoms with Gasteiger partial charge in [-0.15, -0.1) is 0 Å². The molecule has 0 saturated carbocycles. The molecule has 0 aromatic heterocycles. The number of aromatic hydroxyl groups is 2. The third-order valence-corrected chi connectivity index (χ3v) is 4.50. The molecule has 2 heteroatoms. The minimum absolute atomic E-state index is 0.321. The molecule has 0 amide bonds. The summed E-state index contributed by atoms with van der Waals surface area (Å²) in [6, 6.07) is 22.7. The Morgan fingerprint density at radius 3 is 1.33 bits per heavy atom. The van der Waals surface area contributed by atoms with Crippen LogP contribution in [0.3, 0.4) is 0 Å². The van der Waals surface area contributed by atoms with Gasteiger partial charge < -0.3 is 10.2 Å². The molecule has 0 spiro atoms. The monoisotopic (exact) mass is 484 g/mol. The maximum Gasteiger partial charge on any atom is 0.123 e. The standard InChI is InChI=1S/C14H12O.C12H10O.2C3H8.C2H6/c1-2-3-6-11-9-10-14(15)13-8-5-4-7-12(11)13;1-2-9-7-8-12(13)11-6-4-3-5-10(9)11;2*1-3-2;1-2/h2-10,15H,1H2;2-8,13H,1H2;2*3H2,1-2H3;1-2H3. The van der Waals surface area contributed by atoms with Crippen molar-refractivity contribution < 1.29 is 10.2 Å². The highest BCUT2D eigenvalue weighted by Crippen LogP contribution is 2.28. The average molecular weight is 485 g/mol. The van der Waals surface area contributed by atoms with Crippen molar-refractivity contribution in [1.82, 2.24) is 0 Å². The molecular formula is C34H44O2. The lowest BCUT2D eigenvalue weighted by molar-refractivity contribution is 0.481. The van der Waals surface area contributed by atoms with Crippen molar-refractivity contribution in [2.24, 2.45) is 0 Å². The highest BCUT2D eigenvalue weighted by molar-refractivity contribution is 5.95. The summed E-state index contributed by atoms with van der Waals surface area (Å²) in [4.78, 5) is 0. The summed E-state index contributed by atoms with van der Waals surface area (Å²) in [5.74, 6) is 0.641. The molecule has 0 unspecified atom stereocenters. The SMILES string of the molecule is C=CC=Cc1ccc(O)c2ccccc12.C=Cc1ccc(O)c2ccccc12.CC.CCC.CCC. The second-order valence-corrected chi connectivity index (χ2v) is 7.65. The normalized spacial score (nSPS) is 9.39. The lowest BCUT2D eigenvalue weighted by atomic mass is 10.0. The molecule has 0 bridgehead atoms. The number of allylic oxidation sites excluding steroid dienone is 2. The number of fused-ring (bicyclic) bond motifs is 2. The Morgan fingerprint density at radius 2 is 0.944 bits per heavy atom. The Hall–Kier alpha value is -3.78. The van der Waals surface area contributed by atoms with Gasteiger partial charge in [-0.3, -0.25) is 0 Å². The molecule has 0 aliphatic heterocycles. The summed E-state index contributed by atoms with van der Waals surface area (Å²) in [6.45, 7) is 19.9. The Labute approximate surface area is 219 Å². The van der Waals surface area contributed by atoms with Crippen molar-refractivity contribution in [3.05, 3.63) is 109 Å². The molecule has 192 valence electrons. The first kappa shape index (κ1) is 32.2. The molecule has 0 fully saturated rings. The summed E-state index contributed by atoms with van der Waals surface area (Å²) >= 11 is 0. The van der Waals surface area contributed by atoms with Gasteiger partial charge in [0.1, 0.15) is 11.5 Å². The van der Waals surface area contributed by atoms with Crippen molar-refractivity contribution in [3.63, 3.8) is 0 Å². The third-order valence-electron chi connectivity index (χ3n) is 4.50. The first-order valence-electron chi connectivity index (χ1n) is 12.8. The van der Waals surface area contributed by atoms with Gasteiger partial charge in [0.25, 0.3) is 0 Å². The largest absolute Gasteiger partial charge is 0.507 e. The molecule has 4 rings (SSSR count). The predicted octanol–water partition coefficient (Wildman–Crippen LogP) is 10.8. The maximum atomic E-state index is 9.68. The van der Waals surface area contributed by atoms with E-state index in [-0.39, 0.29) is 0 Å². The zero-order chi connectivity index (χ0) is 27.3. The van der Waals surface area contributed by atoms with E-state index in [0.717, 1.165) is 32.7 Å². The number of phenols is 2. The van der Waals surface area contributed by atoms with E-state index in [0.29, 0.717) is 11.5 Å². The van der Waals surface area contributed by atoms with Gasteiger partial charge in [0.05, 0.1) is 0 Å². The average Bonchev–Trinajstić information content (AvgIpc) is 2.91. The van der Waals surface area contributed by atoms with Gasteiger partial charge in [0.15, 0.2) is 0 Å². The Morgan fingerprint density at radius 1 is 0.583 bits per heavy atom. The van der Waals surface area contributed by atoms with E-state index in [4.69, 9.17) is 0 Å². The van der Waals surface area contributed by atoms with Gasteiger partial charge in [-0.2, -0.15) is 0 Å². The second-order valence-electron chi connectivity index (χ2n) is 7.65. The molecule has 0 aliphatic rings. The first-order valence-corrected chi connectivity index (χ1v) is 12.8. The van der Waals surface area contributed by atoms with Crippen LogP contribution in [-0.2, 0) is 0 Å². The van der Waals surface area contributed by atoms with Crippen molar-refractivity contribution >= 4 is 33.7 Å². The van der Waals surface area contributed by atoms with E-state index in [2.05, 4.69) is 40.9 Å². The van der Waals surface area contributed by atoms with E-state index in [1.54, 1.807) is 24.3 Å². The quantitative estimate of drug-likeness (QED) is 0.284. The lowest BCUT2D eigenvalue weighted by Crippen LogP contribution is -1.78. The topological polar surface area (TPSA) is 40.5 Å². The summed E-state index contributed by atoms with van der Waals surface area (Å²) in [6.07, 6.45) is 9.90. The van der Waals surface area contributed by atoms with Crippen LogP contribution in [-0.4, -0.2) is 10.2 Å². The third kappa shape index (κ3) is 10.2. The van der Waals surface area contributed by atoms with Crippen molar-refractivity contribution in [1.29, 1.82) is 0 Å². The molecule has 0 aliphatic carbocycles. The Balaban J connectivity index is 0.000000532. The predicted molar refractivity (Wildman–Crippen MR) is 164 cm³/mol. The molecule has 0 atom stereocenters. The molecule has 2 nitrogen and oxygen atoms in total. The summed E-state index contributed by atoms with van der Waals surface area (Å²) < 4.78 is 0.